The van der Waals surface area contributed by atoms with Gasteiger partial charge in [-0.3, -0.25) is 9.59 Å². The SMILES string of the molecule is CC1CN(C(=O)CN(C)C=O)Cc2[nH]c3ccccc3c21. The molecular formula is C16H19N3O2. The fourth-order valence-corrected chi connectivity index (χ4v) is 3.12. The standard InChI is InChI=1S/C16H19N3O2/c1-11-7-19(15(21)9-18(2)10-20)8-14-16(11)12-5-3-4-6-13(12)17-14/h3-6,10-11,17H,7-9H2,1-2H3. The van der Waals surface area contributed by atoms with Gasteiger partial charge in [-0.2, -0.15) is 0 Å². The normalized spacial score (nSPS) is 17.6. The predicted molar refractivity (Wildman–Crippen MR) is 80.8 cm³/mol. The summed E-state index contributed by atoms with van der Waals surface area (Å²) in [6, 6.07) is 8.24. The van der Waals surface area contributed by atoms with Crippen molar-refractivity contribution in [3.63, 3.8) is 0 Å². The molecule has 0 aliphatic carbocycles. The van der Waals surface area contributed by atoms with Crippen molar-refractivity contribution < 1.29 is 9.59 Å². The summed E-state index contributed by atoms with van der Waals surface area (Å²) in [6.45, 7) is 3.55. The maximum atomic E-state index is 12.2. The first-order valence-corrected chi connectivity index (χ1v) is 7.13. The molecule has 0 saturated heterocycles. The van der Waals surface area contributed by atoms with Gasteiger partial charge in [0.15, 0.2) is 0 Å². The zero-order valence-electron chi connectivity index (χ0n) is 12.3. The lowest BCUT2D eigenvalue weighted by Crippen LogP contribution is -2.42. The van der Waals surface area contributed by atoms with Crippen molar-refractivity contribution in [2.24, 2.45) is 0 Å². The van der Waals surface area contributed by atoms with Crippen LogP contribution in [-0.4, -0.2) is 47.2 Å². The first kappa shape index (κ1) is 13.7. The molecule has 1 aliphatic rings. The summed E-state index contributed by atoms with van der Waals surface area (Å²) in [5, 5.41) is 1.25. The van der Waals surface area contributed by atoms with Crippen LogP contribution in [0.1, 0.15) is 24.1 Å². The summed E-state index contributed by atoms with van der Waals surface area (Å²) in [5.74, 6) is 0.274. The number of para-hydroxylation sites is 1. The van der Waals surface area contributed by atoms with Crippen LogP contribution in [0, 0.1) is 0 Å². The smallest absolute Gasteiger partial charge is 0.242 e. The van der Waals surface area contributed by atoms with E-state index in [-0.39, 0.29) is 18.4 Å². The molecule has 0 saturated carbocycles. The van der Waals surface area contributed by atoms with Crippen LogP contribution >= 0.6 is 0 Å². The van der Waals surface area contributed by atoms with E-state index in [9.17, 15) is 9.59 Å². The van der Waals surface area contributed by atoms with Crippen molar-refractivity contribution in [1.29, 1.82) is 0 Å². The van der Waals surface area contributed by atoms with Gasteiger partial charge in [0.1, 0.15) is 0 Å². The van der Waals surface area contributed by atoms with Gasteiger partial charge in [-0.05, 0) is 11.6 Å². The van der Waals surface area contributed by atoms with Gasteiger partial charge < -0.3 is 14.8 Å². The van der Waals surface area contributed by atoms with Crippen LogP contribution < -0.4 is 0 Å². The van der Waals surface area contributed by atoms with E-state index in [2.05, 4.69) is 24.0 Å². The Balaban J connectivity index is 1.89. The zero-order valence-corrected chi connectivity index (χ0v) is 12.3. The molecule has 21 heavy (non-hydrogen) atoms. The lowest BCUT2D eigenvalue weighted by atomic mass is 9.93. The van der Waals surface area contributed by atoms with Crippen LogP contribution in [0.15, 0.2) is 24.3 Å². The van der Waals surface area contributed by atoms with E-state index in [1.165, 1.54) is 15.8 Å². The number of amides is 2. The van der Waals surface area contributed by atoms with Gasteiger partial charge in [0.25, 0.3) is 0 Å². The summed E-state index contributed by atoms with van der Waals surface area (Å²) in [7, 11) is 1.62. The highest BCUT2D eigenvalue weighted by molar-refractivity contribution is 5.86. The molecule has 0 fully saturated rings. The highest BCUT2D eigenvalue weighted by Gasteiger charge is 2.28. The number of nitrogens with one attached hydrogen (secondary N) is 1. The van der Waals surface area contributed by atoms with Crippen molar-refractivity contribution in [1.82, 2.24) is 14.8 Å². The molecule has 1 aromatic carbocycles. The molecule has 110 valence electrons. The number of likely N-dealkylation sites (N-methyl/N-ethyl adjacent to an activating group) is 1. The number of benzene rings is 1. The van der Waals surface area contributed by atoms with Crippen LogP contribution in [0.3, 0.4) is 0 Å². The van der Waals surface area contributed by atoms with Crippen molar-refractivity contribution in [3.05, 3.63) is 35.5 Å². The van der Waals surface area contributed by atoms with Crippen LogP contribution in [0.25, 0.3) is 10.9 Å². The minimum atomic E-state index is -0.0132. The predicted octanol–water partition coefficient (Wildman–Crippen LogP) is 1.70. The van der Waals surface area contributed by atoms with Gasteiger partial charge >= 0.3 is 0 Å². The Hall–Kier alpha value is -2.30. The minimum absolute atomic E-state index is 0.0132. The maximum absolute atomic E-state index is 12.2. The molecule has 0 radical (unpaired) electrons. The molecule has 1 unspecified atom stereocenters. The van der Waals surface area contributed by atoms with Crippen molar-refractivity contribution in [3.8, 4) is 0 Å². The van der Waals surface area contributed by atoms with E-state index in [4.69, 9.17) is 0 Å². The molecule has 1 aromatic heterocycles. The Bertz CT molecular complexity index is 692. The fraction of sp³-hybridized carbons (Fsp3) is 0.375. The highest BCUT2D eigenvalue weighted by Crippen LogP contribution is 2.34. The average Bonchev–Trinajstić information content (AvgIpc) is 2.85. The zero-order chi connectivity index (χ0) is 15.0. The van der Waals surface area contributed by atoms with Crippen LogP contribution in [0.5, 0.6) is 0 Å². The molecule has 2 heterocycles. The highest BCUT2D eigenvalue weighted by atomic mass is 16.2. The van der Waals surface area contributed by atoms with E-state index >= 15 is 0 Å². The first-order chi connectivity index (χ1) is 10.1. The Morgan fingerprint density at radius 1 is 1.48 bits per heavy atom. The average molecular weight is 285 g/mol. The molecule has 0 bridgehead atoms. The molecule has 5 nitrogen and oxygen atoms in total. The third-order valence-electron chi connectivity index (χ3n) is 4.08. The Morgan fingerprint density at radius 2 is 2.24 bits per heavy atom. The van der Waals surface area contributed by atoms with E-state index in [1.807, 2.05) is 17.0 Å². The molecule has 1 aliphatic heterocycles. The van der Waals surface area contributed by atoms with Crippen LogP contribution in [-0.2, 0) is 16.1 Å². The number of aromatic nitrogens is 1. The number of nitrogens with zero attached hydrogens (tertiary/aromatic N) is 2. The quantitative estimate of drug-likeness (QED) is 0.873. The van der Waals surface area contributed by atoms with E-state index in [0.717, 1.165) is 11.2 Å². The second-order valence-corrected chi connectivity index (χ2v) is 5.76. The molecule has 0 spiro atoms. The molecule has 5 heteroatoms. The molecular weight excluding hydrogens is 266 g/mol. The molecule has 2 amide bonds. The minimum Gasteiger partial charge on any atom is -0.357 e. The van der Waals surface area contributed by atoms with E-state index in [1.54, 1.807) is 7.05 Å². The molecule has 2 aromatic rings. The lowest BCUT2D eigenvalue weighted by Gasteiger charge is -2.32. The summed E-state index contributed by atoms with van der Waals surface area (Å²) in [5.41, 5.74) is 3.55. The maximum Gasteiger partial charge on any atom is 0.242 e. The molecule has 1 atom stereocenters. The largest absolute Gasteiger partial charge is 0.357 e. The summed E-state index contributed by atoms with van der Waals surface area (Å²) in [4.78, 5) is 29.5. The van der Waals surface area contributed by atoms with Crippen LogP contribution in [0.2, 0.25) is 0 Å². The van der Waals surface area contributed by atoms with Crippen LogP contribution in [0.4, 0.5) is 0 Å². The summed E-state index contributed by atoms with van der Waals surface area (Å²) >= 11 is 0. The summed E-state index contributed by atoms with van der Waals surface area (Å²) in [6.07, 6.45) is 0.680. The van der Waals surface area contributed by atoms with E-state index < -0.39 is 0 Å². The molecule has 3 rings (SSSR count). The number of carbonyl (C=O) groups is 2. The van der Waals surface area contributed by atoms with Crippen molar-refractivity contribution >= 4 is 23.2 Å². The summed E-state index contributed by atoms with van der Waals surface area (Å²) < 4.78 is 0. The lowest BCUT2D eigenvalue weighted by molar-refractivity contribution is -0.136. The number of rotatable bonds is 3. The van der Waals surface area contributed by atoms with Gasteiger partial charge in [0, 0.05) is 36.1 Å². The van der Waals surface area contributed by atoms with Crippen molar-refractivity contribution in [2.45, 2.75) is 19.4 Å². The number of hydrogen-bond acceptors (Lipinski definition) is 2. The number of hydrogen-bond donors (Lipinski definition) is 1. The second-order valence-electron chi connectivity index (χ2n) is 5.76. The number of fused-ring (bicyclic) bond motifs is 3. The first-order valence-electron chi connectivity index (χ1n) is 7.13. The third-order valence-corrected chi connectivity index (χ3v) is 4.08. The third kappa shape index (κ3) is 2.39. The molecule has 1 N–H and O–H groups in total. The fourth-order valence-electron chi connectivity index (χ4n) is 3.12. The van der Waals surface area contributed by atoms with Gasteiger partial charge in [-0.1, -0.05) is 25.1 Å². The topological polar surface area (TPSA) is 56.4 Å². The number of aromatic amines is 1. The van der Waals surface area contributed by atoms with Crippen molar-refractivity contribution in [2.75, 3.05) is 20.1 Å². The second kappa shape index (κ2) is 5.24. The van der Waals surface area contributed by atoms with Gasteiger partial charge in [-0.25, -0.2) is 0 Å². The Labute approximate surface area is 123 Å². The number of H-pyrrole nitrogens is 1. The van der Waals surface area contributed by atoms with Gasteiger partial charge in [-0.15, -0.1) is 0 Å². The van der Waals surface area contributed by atoms with Gasteiger partial charge in [0.2, 0.25) is 12.3 Å². The Kier molecular flexibility index (Phi) is 3.41. The van der Waals surface area contributed by atoms with E-state index in [0.29, 0.717) is 19.5 Å². The monoisotopic (exact) mass is 285 g/mol. The Morgan fingerprint density at radius 3 is 3.00 bits per heavy atom. The van der Waals surface area contributed by atoms with Gasteiger partial charge in [0.05, 0.1) is 13.1 Å². The number of carbonyl (C=O) groups excluding carboxylic acids is 2.